The fourth-order valence-electron chi connectivity index (χ4n) is 1.67. The number of aromatic nitrogens is 2. The maximum absolute atomic E-state index is 10.9. The van der Waals surface area contributed by atoms with Gasteiger partial charge >= 0.3 is 5.97 Å². The van der Waals surface area contributed by atoms with Crippen LogP contribution in [0.1, 0.15) is 10.4 Å². The predicted molar refractivity (Wildman–Crippen MR) is 78.1 cm³/mol. The van der Waals surface area contributed by atoms with Crippen LogP contribution in [0.5, 0.6) is 0 Å². The van der Waals surface area contributed by atoms with Crippen LogP contribution in [0.25, 0.3) is 10.9 Å². The number of carboxylic acid groups (broad SMARTS) is 1. The molecule has 0 saturated heterocycles. The lowest BCUT2D eigenvalue weighted by atomic mass is 10.1. The van der Waals surface area contributed by atoms with Crippen molar-refractivity contribution in [1.29, 1.82) is 0 Å². The van der Waals surface area contributed by atoms with E-state index in [2.05, 4.69) is 16.2 Å². The lowest BCUT2D eigenvalue weighted by Gasteiger charge is -2.16. The molecule has 1 aromatic carbocycles. The Hall–Kier alpha value is -1.82. The van der Waals surface area contributed by atoms with Gasteiger partial charge in [0.05, 0.1) is 11.1 Å². The summed E-state index contributed by atoms with van der Waals surface area (Å²) < 4.78 is 0. The highest BCUT2D eigenvalue weighted by atomic mass is 32.2. The van der Waals surface area contributed by atoms with E-state index in [1.807, 2.05) is 11.9 Å². The van der Waals surface area contributed by atoms with E-state index >= 15 is 0 Å². The molecule has 0 aliphatic rings. The molecule has 0 radical (unpaired) electrons. The molecule has 0 spiro atoms. The molecular weight excluding hydrogens is 262 g/mol. The van der Waals surface area contributed by atoms with Gasteiger partial charge in [-0.1, -0.05) is 0 Å². The van der Waals surface area contributed by atoms with Crippen molar-refractivity contribution in [3.63, 3.8) is 0 Å². The topological polar surface area (TPSA) is 66.3 Å². The number of hydrogen-bond acceptors (Lipinski definition) is 5. The minimum absolute atomic E-state index is 0.250. The zero-order valence-corrected chi connectivity index (χ0v) is 11.6. The molecule has 0 aliphatic carbocycles. The Labute approximate surface area is 115 Å². The van der Waals surface area contributed by atoms with Crippen LogP contribution in [-0.2, 0) is 0 Å². The Morgan fingerprint density at radius 1 is 1.47 bits per heavy atom. The molecule has 0 fully saturated rings. The summed E-state index contributed by atoms with van der Waals surface area (Å²) in [7, 11) is 1.95. The van der Waals surface area contributed by atoms with Crippen molar-refractivity contribution in [3.05, 3.63) is 30.0 Å². The third-order valence-electron chi connectivity index (χ3n) is 2.79. The van der Waals surface area contributed by atoms with Gasteiger partial charge in [0.1, 0.15) is 0 Å². The van der Waals surface area contributed by atoms with E-state index in [9.17, 15) is 4.79 Å². The number of carboxylic acids is 1. The fourth-order valence-corrected chi connectivity index (χ4v) is 2.13. The van der Waals surface area contributed by atoms with Crippen LogP contribution in [0, 0.1) is 0 Å². The van der Waals surface area contributed by atoms with Crippen molar-refractivity contribution in [2.45, 2.75) is 0 Å². The molecule has 1 N–H and O–H groups in total. The van der Waals surface area contributed by atoms with Crippen LogP contribution in [0.2, 0.25) is 0 Å². The molecule has 5 nitrogen and oxygen atoms in total. The molecule has 19 heavy (non-hydrogen) atoms. The van der Waals surface area contributed by atoms with Crippen LogP contribution in [0.4, 0.5) is 5.95 Å². The van der Waals surface area contributed by atoms with Crippen molar-refractivity contribution in [2.24, 2.45) is 0 Å². The predicted octanol–water partition coefficient (Wildman–Crippen LogP) is 2.13. The molecule has 0 saturated carbocycles. The van der Waals surface area contributed by atoms with Crippen molar-refractivity contribution < 1.29 is 9.90 Å². The molecular formula is C13H15N3O2S. The van der Waals surface area contributed by atoms with Gasteiger partial charge in [-0.3, -0.25) is 0 Å². The van der Waals surface area contributed by atoms with Gasteiger partial charge in [-0.15, -0.1) is 0 Å². The van der Waals surface area contributed by atoms with Crippen LogP contribution >= 0.6 is 11.8 Å². The minimum atomic E-state index is -0.942. The van der Waals surface area contributed by atoms with Gasteiger partial charge < -0.3 is 10.0 Å². The summed E-state index contributed by atoms with van der Waals surface area (Å²) in [4.78, 5) is 21.6. The SMILES string of the molecule is CSCCN(C)c1ncc2cc(C(=O)O)ccc2n1. The molecule has 2 rings (SSSR count). The van der Waals surface area contributed by atoms with Crippen LogP contribution in [-0.4, -0.2) is 46.6 Å². The number of nitrogens with zero attached hydrogens (tertiary/aromatic N) is 3. The summed E-state index contributed by atoms with van der Waals surface area (Å²) >= 11 is 1.77. The van der Waals surface area contributed by atoms with E-state index in [4.69, 9.17) is 5.11 Å². The molecule has 6 heteroatoms. The first-order chi connectivity index (χ1) is 9.11. The van der Waals surface area contributed by atoms with Gasteiger partial charge in [-0.2, -0.15) is 11.8 Å². The summed E-state index contributed by atoms with van der Waals surface area (Å²) in [6.07, 6.45) is 3.72. The van der Waals surface area contributed by atoms with E-state index in [-0.39, 0.29) is 5.56 Å². The van der Waals surface area contributed by atoms with E-state index < -0.39 is 5.97 Å². The summed E-state index contributed by atoms with van der Waals surface area (Å²) in [5, 5.41) is 9.67. The highest BCUT2D eigenvalue weighted by Gasteiger charge is 2.08. The number of carbonyl (C=O) groups is 1. The van der Waals surface area contributed by atoms with E-state index in [0.29, 0.717) is 5.95 Å². The number of aromatic carboxylic acids is 1. The number of hydrogen-bond donors (Lipinski definition) is 1. The molecule has 100 valence electrons. The lowest BCUT2D eigenvalue weighted by Crippen LogP contribution is -2.22. The van der Waals surface area contributed by atoms with Crippen molar-refractivity contribution in [2.75, 3.05) is 30.5 Å². The van der Waals surface area contributed by atoms with Gasteiger partial charge in [-0.05, 0) is 24.5 Å². The highest BCUT2D eigenvalue weighted by molar-refractivity contribution is 7.98. The summed E-state index contributed by atoms with van der Waals surface area (Å²) in [5.74, 6) is 0.725. The Kier molecular flexibility index (Phi) is 4.21. The summed E-state index contributed by atoms with van der Waals surface area (Å²) in [5.41, 5.74) is 1.01. The zero-order valence-electron chi connectivity index (χ0n) is 10.8. The number of thioether (sulfide) groups is 1. The molecule has 0 atom stereocenters. The number of benzene rings is 1. The molecule has 2 aromatic rings. The molecule has 0 amide bonds. The van der Waals surface area contributed by atoms with Gasteiger partial charge in [0.15, 0.2) is 0 Å². The second-order valence-electron chi connectivity index (χ2n) is 4.16. The Morgan fingerprint density at radius 3 is 2.95 bits per heavy atom. The highest BCUT2D eigenvalue weighted by Crippen LogP contribution is 2.16. The second-order valence-corrected chi connectivity index (χ2v) is 5.15. The smallest absolute Gasteiger partial charge is 0.335 e. The quantitative estimate of drug-likeness (QED) is 0.903. The average Bonchev–Trinajstić information content (AvgIpc) is 2.43. The third-order valence-corrected chi connectivity index (χ3v) is 3.38. The second kappa shape index (κ2) is 5.88. The van der Waals surface area contributed by atoms with Gasteiger partial charge in [0, 0.05) is 30.9 Å². The molecule has 1 heterocycles. The third kappa shape index (κ3) is 3.14. The Morgan fingerprint density at radius 2 is 2.26 bits per heavy atom. The molecule has 1 aromatic heterocycles. The van der Waals surface area contributed by atoms with Crippen LogP contribution < -0.4 is 4.90 Å². The molecule has 0 unspecified atom stereocenters. The minimum Gasteiger partial charge on any atom is -0.478 e. The van der Waals surface area contributed by atoms with Crippen LogP contribution in [0.3, 0.4) is 0 Å². The van der Waals surface area contributed by atoms with E-state index in [1.54, 1.807) is 36.2 Å². The van der Waals surface area contributed by atoms with Crippen molar-refractivity contribution >= 4 is 34.6 Å². The number of rotatable bonds is 5. The van der Waals surface area contributed by atoms with Gasteiger partial charge in [0.2, 0.25) is 5.95 Å². The van der Waals surface area contributed by atoms with E-state index in [1.165, 1.54) is 0 Å². The van der Waals surface area contributed by atoms with E-state index in [0.717, 1.165) is 23.2 Å². The van der Waals surface area contributed by atoms with Gasteiger partial charge in [-0.25, -0.2) is 14.8 Å². The van der Waals surface area contributed by atoms with Crippen molar-refractivity contribution in [3.8, 4) is 0 Å². The lowest BCUT2D eigenvalue weighted by molar-refractivity contribution is 0.0697. The number of fused-ring (bicyclic) bond motifs is 1. The maximum atomic E-state index is 10.9. The number of anilines is 1. The van der Waals surface area contributed by atoms with Gasteiger partial charge in [0.25, 0.3) is 0 Å². The average molecular weight is 277 g/mol. The molecule has 0 aliphatic heterocycles. The summed E-state index contributed by atoms with van der Waals surface area (Å²) in [6.45, 7) is 0.875. The van der Waals surface area contributed by atoms with Crippen molar-refractivity contribution in [1.82, 2.24) is 9.97 Å². The maximum Gasteiger partial charge on any atom is 0.335 e. The Balaban J connectivity index is 2.31. The van der Waals surface area contributed by atoms with Crippen LogP contribution in [0.15, 0.2) is 24.4 Å². The molecule has 0 bridgehead atoms. The monoisotopic (exact) mass is 277 g/mol. The fraction of sp³-hybridized carbons (Fsp3) is 0.308. The first-order valence-corrected chi connectivity index (χ1v) is 7.21. The first-order valence-electron chi connectivity index (χ1n) is 5.82. The first kappa shape index (κ1) is 13.6. The summed E-state index contributed by atoms with van der Waals surface area (Å²) in [6, 6.07) is 4.86. The largest absolute Gasteiger partial charge is 0.478 e. The Bertz CT molecular complexity index is 603. The normalized spacial score (nSPS) is 10.6. The zero-order chi connectivity index (χ0) is 13.8. The standard InChI is InChI=1S/C13H15N3O2S/c1-16(5-6-19-2)13-14-8-10-7-9(12(17)18)3-4-11(10)15-13/h3-4,7-8H,5-6H2,1-2H3,(H,17,18).